The van der Waals surface area contributed by atoms with Crippen molar-refractivity contribution >= 4 is 39.1 Å². The largest absolute Gasteiger partial charge is 0.476 e. The van der Waals surface area contributed by atoms with E-state index in [9.17, 15) is 9.90 Å². The van der Waals surface area contributed by atoms with Crippen LogP contribution in [0.3, 0.4) is 0 Å². The van der Waals surface area contributed by atoms with Crippen molar-refractivity contribution in [3.8, 4) is 0 Å². The number of benzene rings is 1. The summed E-state index contributed by atoms with van der Waals surface area (Å²) < 4.78 is 2.51. The van der Waals surface area contributed by atoms with Gasteiger partial charge in [-0.15, -0.1) is 0 Å². The maximum Gasteiger partial charge on any atom is 0.356 e. The van der Waals surface area contributed by atoms with Crippen molar-refractivity contribution in [2.75, 3.05) is 5.32 Å². The van der Waals surface area contributed by atoms with Gasteiger partial charge in [-0.25, -0.2) is 9.78 Å². The maximum absolute atomic E-state index is 11.5. The second-order valence-corrected chi connectivity index (χ2v) is 5.43. The third-order valence-electron chi connectivity index (χ3n) is 3.25. The fourth-order valence-electron chi connectivity index (χ4n) is 2.16. The molecule has 0 saturated carbocycles. The quantitative estimate of drug-likeness (QED) is 0.756. The number of pyridine rings is 1. The summed E-state index contributed by atoms with van der Waals surface area (Å²) in [5.74, 6) is -0.696. The number of carboxylic acids is 1. The van der Waals surface area contributed by atoms with Crippen molar-refractivity contribution < 1.29 is 9.90 Å². The lowest BCUT2D eigenvalue weighted by atomic mass is 10.2. The molecule has 3 rings (SSSR count). The summed E-state index contributed by atoms with van der Waals surface area (Å²) in [6.45, 7) is 1.95. The Morgan fingerprint density at radius 3 is 2.86 bits per heavy atom. The number of aromatic carboxylic acids is 1. The molecule has 0 radical (unpaired) electrons. The van der Waals surface area contributed by atoms with Crippen LogP contribution in [0.4, 0.5) is 11.5 Å². The number of halogens is 1. The molecule has 2 aromatic heterocycles. The lowest BCUT2D eigenvalue weighted by molar-refractivity contribution is 0.0690. The van der Waals surface area contributed by atoms with Crippen molar-refractivity contribution in [2.45, 2.75) is 6.92 Å². The second kappa shape index (κ2) is 5.21. The number of hydrogen-bond donors (Lipinski definition) is 2. The molecule has 0 saturated heterocycles. The van der Waals surface area contributed by atoms with Gasteiger partial charge in [0.1, 0.15) is 5.65 Å². The second-order valence-electron chi connectivity index (χ2n) is 4.58. The van der Waals surface area contributed by atoms with Crippen LogP contribution in [0.5, 0.6) is 0 Å². The molecule has 2 N–H and O–H groups in total. The first-order valence-corrected chi connectivity index (χ1v) is 7.10. The highest BCUT2D eigenvalue weighted by Crippen LogP contribution is 2.28. The Bertz CT molecular complexity index is 842. The predicted octanol–water partition coefficient (Wildman–Crippen LogP) is 3.85. The van der Waals surface area contributed by atoms with Crippen LogP contribution in [0, 0.1) is 6.92 Å². The fourth-order valence-corrected chi connectivity index (χ4v) is 2.52. The summed E-state index contributed by atoms with van der Waals surface area (Å²) in [5, 5.41) is 12.6. The van der Waals surface area contributed by atoms with E-state index in [1.807, 2.05) is 31.2 Å². The number of aromatic nitrogens is 2. The van der Waals surface area contributed by atoms with E-state index in [1.54, 1.807) is 22.7 Å². The van der Waals surface area contributed by atoms with Crippen LogP contribution in [0.25, 0.3) is 5.65 Å². The zero-order valence-electron chi connectivity index (χ0n) is 11.2. The molecule has 0 spiro atoms. The van der Waals surface area contributed by atoms with Crippen LogP contribution in [-0.2, 0) is 0 Å². The molecule has 5 nitrogen and oxygen atoms in total. The molecule has 0 amide bonds. The molecule has 0 bridgehead atoms. The van der Waals surface area contributed by atoms with Gasteiger partial charge in [0, 0.05) is 16.4 Å². The lowest BCUT2D eigenvalue weighted by Crippen LogP contribution is -2.05. The number of fused-ring (bicyclic) bond motifs is 1. The summed E-state index contributed by atoms with van der Waals surface area (Å²) in [4.78, 5) is 15.9. The zero-order valence-corrected chi connectivity index (χ0v) is 12.8. The van der Waals surface area contributed by atoms with Gasteiger partial charge in [0.25, 0.3) is 0 Å². The zero-order chi connectivity index (χ0) is 15.0. The van der Waals surface area contributed by atoms with E-state index in [1.165, 1.54) is 0 Å². The molecule has 2 heterocycles. The van der Waals surface area contributed by atoms with Crippen LogP contribution < -0.4 is 5.32 Å². The minimum absolute atomic E-state index is 0.116. The Balaban J connectivity index is 2.14. The van der Waals surface area contributed by atoms with E-state index >= 15 is 0 Å². The van der Waals surface area contributed by atoms with E-state index in [0.717, 1.165) is 15.7 Å². The molecule has 6 heteroatoms. The minimum Gasteiger partial charge on any atom is -0.476 e. The van der Waals surface area contributed by atoms with Gasteiger partial charge in [-0.2, -0.15) is 0 Å². The molecule has 0 atom stereocenters. The normalized spacial score (nSPS) is 10.8. The molecule has 0 unspecified atom stereocenters. The van der Waals surface area contributed by atoms with Gasteiger partial charge in [-0.3, -0.25) is 4.40 Å². The number of carboxylic acid groups (broad SMARTS) is 1. The molecular formula is C15H12BrN3O2. The third kappa shape index (κ3) is 2.38. The van der Waals surface area contributed by atoms with Gasteiger partial charge in [-0.05, 0) is 36.8 Å². The monoisotopic (exact) mass is 345 g/mol. The van der Waals surface area contributed by atoms with Crippen LogP contribution in [0.2, 0.25) is 0 Å². The van der Waals surface area contributed by atoms with Gasteiger partial charge in [0.05, 0.1) is 0 Å². The highest BCUT2D eigenvalue weighted by Gasteiger charge is 2.19. The minimum atomic E-state index is -1.02. The first-order valence-electron chi connectivity index (χ1n) is 6.30. The van der Waals surface area contributed by atoms with E-state index < -0.39 is 5.97 Å². The number of carbonyl (C=O) groups is 1. The average Bonchev–Trinajstić information content (AvgIpc) is 2.82. The van der Waals surface area contributed by atoms with Crippen LogP contribution in [-0.4, -0.2) is 20.5 Å². The van der Waals surface area contributed by atoms with Gasteiger partial charge in [0.15, 0.2) is 11.5 Å². The van der Waals surface area contributed by atoms with Gasteiger partial charge in [-0.1, -0.05) is 28.1 Å². The summed E-state index contributed by atoms with van der Waals surface area (Å²) in [6, 6.07) is 11.1. The summed E-state index contributed by atoms with van der Waals surface area (Å²) in [5.41, 5.74) is 2.51. The van der Waals surface area contributed by atoms with Crippen molar-refractivity contribution in [3.05, 3.63) is 58.3 Å². The average molecular weight is 346 g/mol. The van der Waals surface area contributed by atoms with Crippen molar-refractivity contribution in [1.82, 2.24) is 9.38 Å². The number of rotatable bonds is 3. The first-order chi connectivity index (χ1) is 10.1. The molecule has 0 fully saturated rings. The SMILES string of the molecule is Cc1c(Br)cccc1Nc1nc2ccccn2c1C(=O)O. The number of nitrogens with one attached hydrogen (secondary N) is 1. The van der Waals surface area contributed by atoms with E-state index in [0.29, 0.717) is 11.5 Å². The Labute approximate surface area is 129 Å². The van der Waals surface area contributed by atoms with E-state index in [-0.39, 0.29) is 5.69 Å². The molecule has 3 aromatic rings. The number of imidazole rings is 1. The highest BCUT2D eigenvalue weighted by atomic mass is 79.9. The van der Waals surface area contributed by atoms with E-state index in [4.69, 9.17) is 0 Å². The Kier molecular flexibility index (Phi) is 3.39. The van der Waals surface area contributed by atoms with Crippen LogP contribution >= 0.6 is 15.9 Å². The Hall–Kier alpha value is -2.34. The number of anilines is 2. The fraction of sp³-hybridized carbons (Fsp3) is 0.0667. The molecular weight excluding hydrogens is 334 g/mol. The van der Waals surface area contributed by atoms with Gasteiger partial charge >= 0.3 is 5.97 Å². The Morgan fingerprint density at radius 2 is 2.10 bits per heavy atom. The van der Waals surface area contributed by atoms with Crippen molar-refractivity contribution in [3.63, 3.8) is 0 Å². The topological polar surface area (TPSA) is 66.6 Å². The molecule has 21 heavy (non-hydrogen) atoms. The molecule has 1 aromatic carbocycles. The standard InChI is InChI=1S/C15H12BrN3O2/c1-9-10(16)5-4-6-11(9)17-14-13(15(20)21)19-8-3-2-7-12(19)18-14/h2-8,17H,1H3,(H,20,21). The van der Waals surface area contributed by atoms with Gasteiger partial charge < -0.3 is 10.4 Å². The highest BCUT2D eigenvalue weighted by molar-refractivity contribution is 9.10. The number of nitrogens with zero attached hydrogens (tertiary/aromatic N) is 2. The lowest BCUT2D eigenvalue weighted by Gasteiger charge is -2.09. The first kappa shape index (κ1) is 13.6. The van der Waals surface area contributed by atoms with Crippen LogP contribution in [0.15, 0.2) is 47.1 Å². The maximum atomic E-state index is 11.5. The van der Waals surface area contributed by atoms with E-state index in [2.05, 4.69) is 26.2 Å². The molecule has 0 aliphatic carbocycles. The molecule has 0 aliphatic heterocycles. The summed E-state index contributed by atoms with van der Waals surface area (Å²) in [7, 11) is 0. The number of hydrogen-bond acceptors (Lipinski definition) is 3. The Morgan fingerprint density at radius 1 is 1.29 bits per heavy atom. The van der Waals surface area contributed by atoms with Crippen LogP contribution in [0.1, 0.15) is 16.1 Å². The molecule has 106 valence electrons. The smallest absolute Gasteiger partial charge is 0.356 e. The summed E-state index contributed by atoms with van der Waals surface area (Å²) >= 11 is 3.46. The third-order valence-corrected chi connectivity index (χ3v) is 4.11. The summed E-state index contributed by atoms with van der Waals surface area (Å²) in [6.07, 6.45) is 1.69. The predicted molar refractivity (Wildman–Crippen MR) is 84.3 cm³/mol. The molecule has 0 aliphatic rings. The van der Waals surface area contributed by atoms with Gasteiger partial charge in [0.2, 0.25) is 0 Å². The van der Waals surface area contributed by atoms with Crippen molar-refractivity contribution in [2.24, 2.45) is 0 Å². The van der Waals surface area contributed by atoms with Crippen molar-refractivity contribution in [1.29, 1.82) is 0 Å².